The Morgan fingerprint density at radius 2 is 1.93 bits per heavy atom. The highest BCUT2D eigenvalue weighted by Gasteiger charge is 2.14. The Morgan fingerprint density at radius 1 is 1.20 bits per heavy atom. The third kappa shape index (κ3) is 1.99. The number of aryl methyl sites for hydroxylation is 1. The van der Waals surface area contributed by atoms with E-state index in [0.717, 1.165) is 12.3 Å². The molecule has 0 heteroatoms. The van der Waals surface area contributed by atoms with Gasteiger partial charge in [0.25, 0.3) is 0 Å². The van der Waals surface area contributed by atoms with E-state index in [4.69, 9.17) is 0 Å². The molecule has 0 amide bonds. The molecule has 1 aromatic rings. The Kier molecular flexibility index (Phi) is 2.68. The van der Waals surface area contributed by atoms with E-state index in [1.54, 1.807) is 5.56 Å². The molecule has 1 aliphatic carbocycles. The third-order valence-corrected chi connectivity index (χ3v) is 3.21. The van der Waals surface area contributed by atoms with Gasteiger partial charge >= 0.3 is 0 Å². The van der Waals surface area contributed by atoms with Gasteiger partial charge in [-0.15, -0.1) is 0 Å². The van der Waals surface area contributed by atoms with Gasteiger partial charge in [0.05, 0.1) is 0 Å². The molecule has 1 aromatic carbocycles. The van der Waals surface area contributed by atoms with E-state index in [-0.39, 0.29) is 0 Å². The molecule has 0 aliphatic heterocycles. The van der Waals surface area contributed by atoms with Gasteiger partial charge in [-0.05, 0) is 60.4 Å². The summed E-state index contributed by atoms with van der Waals surface area (Å²) in [4.78, 5) is 0. The van der Waals surface area contributed by atoms with Crippen molar-refractivity contribution >= 4 is 5.57 Å². The first-order valence-electron chi connectivity index (χ1n) is 5.87. The van der Waals surface area contributed by atoms with Gasteiger partial charge in [0.15, 0.2) is 0 Å². The van der Waals surface area contributed by atoms with Gasteiger partial charge in [0, 0.05) is 0 Å². The van der Waals surface area contributed by atoms with Crippen molar-refractivity contribution < 1.29 is 0 Å². The summed E-state index contributed by atoms with van der Waals surface area (Å²) in [5.41, 5.74) is 7.46. The number of allylic oxidation sites excluding steroid dienone is 2. The number of hydrogen-bond acceptors (Lipinski definition) is 0. The third-order valence-electron chi connectivity index (χ3n) is 3.21. The fourth-order valence-corrected chi connectivity index (χ4v) is 2.47. The predicted molar refractivity (Wildman–Crippen MR) is 67.1 cm³/mol. The minimum atomic E-state index is 0.744. The molecular weight excluding hydrogens is 180 g/mol. The first kappa shape index (κ1) is 10.5. The summed E-state index contributed by atoms with van der Waals surface area (Å²) in [6.45, 7) is 9.04. The largest absolute Gasteiger partial charge is 0.0766 e. The summed E-state index contributed by atoms with van der Waals surface area (Å²) in [5, 5.41) is 0. The van der Waals surface area contributed by atoms with E-state index in [9.17, 15) is 0 Å². The zero-order chi connectivity index (χ0) is 11.0. The molecule has 80 valence electrons. The van der Waals surface area contributed by atoms with Crippen molar-refractivity contribution in [1.29, 1.82) is 0 Å². The van der Waals surface area contributed by atoms with Crippen LogP contribution in [-0.2, 0) is 12.8 Å². The quantitative estimate of drug-likeness (QED) is 0.672. The van der Waals surface area contributed by atoms with Gasteiger partial charge in [0.1, 0.15) is 0 Å². The van der Waals surface area contributed by atoms with Crippen LogP contribution in [0.25, 0.3) is 5.57 Å². The van der Waals surface area contributed by atoms with Gasteiger partial charge in [-0.2, -0.15) is 0 Å². The van der Waals surface area contributed by atoms with Crippen molar-refractivity contribution in [1.82, 2.24) is 0 Å². The molecule has 0 saturated carbocycles. The number of fused-ring (bicyclic) bond motifs is 1. The molecule has 1 aliphatic rings. The van der Waals surface area contributed by atoms with Crippen LogP contribution >= 0.6 is 0 Å². The van der Waals surface area contributed by atoms with Crippen LogP contribution < -0.4 is 0 Å². The van der Waals surface area contributed by atoms with Crippen molar-refractivity contribution in [3.05, 3.63) is 40.5 Å². The molecule has 0 bridgehead atoms. The summed E-state index contributed by atoms with van der Waals surface area (Å²) in [7, 11) is 0. The van der Waals surface area contributed by atoms with E-state index in [1.807, 2.05) is 0 Å². The van der Waals surface area contributed by atoms with Crippen LogP contribution in [0.15, 0.2) is 18.2 Å². The van der Waals surface area contributed by atoms with Crippen molar-refractivity contribution in [2.45, 2.75) is 40.5 Å². The van der Waals surface area contributed by atoms with Crippen molar-refractivity contribution in [2.24, 2.45) is 5.92 Å². The molecule has 0 saturated heterocycles. The maximum atomic E-state index is 2.39. The molecule has 0 unspecified atom stereocenters. The van der Waals surface area contributed by atoms with Gasteiger partial charge in [-0.1, -0.05) is 32.1 Å². The topological polar surface area (TPSA) is 0 Å². The van der Waals surface area contributed by atoms with Crippen LogP contribution in [0.4, 0.5) is 0 Å². The normalized spacial score (nSPS) is 14.3. The molecule has 0 radical (unpaired) electrons. The van der Waals surface area contributed by atoms with Gasteiger partial charge in [-0.3, -0.25) is 0 Å². The summed E-state index contributed by atoms with van der Waals surface area (Å²) >= 11 is 0. The van der Waals surface area contributed by atoms with E-state index in [0.29, 0.717) is 0 Å². The highest BCUT2D eigenvalue weighted by atomic mass is 14.2. The van der Waals surface area contributed by atoms with Crippen LogP contribution in [0.3, 0.4) is 0 Å². The van der Waals surface area contributed by atoms with E-state index in [1.165, 1.54) is 28.7 Å². The zero-order valence-corrected chi connectivity index (χ0v) is 10.2. The van der Waals surface area contributed by atoms with E-state index in [2.05, 4.69) is 45.9 Å². The monoisotopic (exact) mass is 200 g/mol. The van der Waals surface area contributed by atoms with Crippen LogP contribution in [-0.4, -0.2) is 0 Å². The van der Waals surface area contributed by atoms with Crippen molar-refractivity contribution in [2.75, 3.05) is 0 Å². The number of rotatable bonds is 2. The zero-order valence-electron chi connectivity index (χ0n) is 10.2. The van der Waals surface area contributed by atoms with Crippen molar-refractivity contribution in [3.8, 4) is 0 Å². The second kappa shape index (κ2) is 3.84. The first-order chi connectivity index (χ1) is 7.08. The Hall–Kier alpha value is -1.04. The molecule has 0 nitrogen and oxygen atoms in total. The molecule has 0 atom stereocenters. The summed E-state index contributed by atoms with van der Waals surface area (Å²) in [6.07, 6.45) is 4.67. The summed E-state index contributed by atoms with van der Waals surface area (Å²) in [5.74, 6) is 0.744. The molecule has 2 rings (SSSR count). The van der Waals surface area contributed by atoms with Gasteiger partial charge in [-0.25, -0.2) is 0 Å². The van der Waals surface area contributed by atoms with Gasteiger partial charge in [0.2, 0.25) is 0 Å². The van der Waals surface area contributed by atoms with Gasteiger partial charge < -0.3 is 0 Å². The lowest BCUT2D eigenvalue weighted by molar-refractivity contribution is 0.647. The van der Waals surface area contributed by atoms with E-state index < -0.39 is 0 Å². The number of benzene rings is 1. The second-order valence-corrected chi connectivity index (χ2v) is 5.13. The minimum Gasteiger partial charge on any atom is -0.0766 e. The lowest BCUT2D eigenvalue weighted by atomic mass is 9.94. The molecule has 0 N–H and O–H groups in total. The smallest absolute Gasteiger partial charge is 0.00828 e. The highest BCUT2D eigenvalue weighted by Crippen LogP contribution is 2.31. The fourth-order valence-electron chi connectivity index (χ4n) is 2.47. The maximum absolute atomic E-state index is 2.39. The summed E-state index contributed by atoms with van der Waals surface area (Å²) in [6, 6.07) is 4.76. The maximum Gasteiger partial charge on any atom is -0.00828 e. The lowest BCUT2D eigenvalue weighted by Gasteiger charge is -2.11. The Morgan fingerprint density at radius 3 is 2.60 bits per heavy atom. The van der Waals surface area contributed by atoms with Crippen LogP contribution in [0.5, 0.6) is 0 Å². The molecule has 0 aromatic heterocycles. The molecule has 0 fully saturated rings. The fraction of sp³-hybridized carbons (Fsp3) is 0.467. The Balaban J connectivity index is 2.41. The number of hydrogen-bond donors (Lipinski definition) is 0. The van der Waals surface area contributed by atoms with Crippen LogP contribution in [0.2, 0.25) is 0 Å². The average molecular weight is 200 g/mol. The molecule has 0 spiro atoms. The van der Waals surface area contributed by atoms with Crippen LogP contribution in [0, 0.1) is 12.8 Å². The molecule has 0 heterocycles. The standard InChI is InChI=1S/C15H20/c1-10(2)7-13-8-12(4)14-6-5-11(3)15(14)9-13/h5,8-10H,6-7H2,1-4H3. The average Bonchev–Trinajstić information content (AvgIpc) is 2.47. The van der Waals surface area contributed by atoms with Crippen molar-refractivity contribution in [3.63, 3.8) is 0 Å². The Labute approximate surface area is 93.0 Å². The lowest BCUT2D eigenvalue weighted by Crippen LogP contribution is -1.98. The molecule has 15 heavy (non-hydrogen) atoms. The summed E-state index contributed by atoms with van der Waals surface area (Å²) < 4.78 is 0. The van der Waals surface area contributed by atoms with E-state index >= 15 is 0 Å². The Bertz CT molecular complexity index is 408. The second-order valence-electron chi connectivity index (χ2n) is 5.13. The predicted octanol–water partition coefficient (Wildman–Crippen LogP) is 4.15. The first-order valence-corrected chi connectivity index (χ1v) is 5.87. The highest BCUT2D eigenvalue weighted by molar-refractivity contribution is 5.73. The minimum absolute atomic E-state index is 0.744. The SMILES string of the molecule is CC1=CCc2c(C)cc(CC(C)C)cc21. The molecular formula is C15H20. The van der Waals surface area contributed by atoms with Crippen LogP contribution in [0.1, 0.15) is 43.0 Å².